The molecule has 1 aliphatic heterocycles. The maximum absolute atomic E-state index is 12.9. The molecule has 0 saturated carbocycles. The van der Waals surface area contributed by atoms with Crippen LogP contribution >= 0.6 is 0 Å². The molecule has 0 atom stereocenters. The van der Waals surface area contributed by atoms with Crippen molar-refractivity contribution in [3.8, 4) is 0 Å². The van der Waals surface area contributed by atoms with Crippen LogP contribution in [-0.2, 0) is 19.7 Å². The van der Waals surface area contributed by atoms with Gasteiger partial charge in [-0.1, -0.05) is 17.7 Å². The standard InChI is InChI=1S/C20H24FN3O4S/c21-16-5-11-19(12-6-16)29(26,27)23-28-15-20(25)22-17-7-9-18(10-8-17)24-13-3-1-2-4-14-24/h5-12,23H,1-4,13-15H2,(H,22,25). The molecular weight excluding hydrogens is 397 g/mol. The first-order valence-corrected chi connectivity index (χ1v) is 11.0. The highest BCUT2D eigenvalue weighted by Gasteiger charge is 2.15. The summed E-state index contributed by atoms with van der Waals surface area (Å²) < 4.78 is 36.9. The number of anilines is 2. The van der Waals surface area contributed by atoms with Gasteiger partial charge in [-0.05, 0) is 61.4 Å². The molecule has 0 unspecified atom stereocenters. The lowest BCUT2D eigenvalue weighted by molar-refractivity contribution is -0.121. The van der Waals surface area contributed by atoms with Crippen LogP contribution in [0.25, 0.3) is 0 Å². The Kier molecular flexibility index (Phi) is 7.18. The van der Waals surface area contributed by atoms with Crippen LogP contribution in [0.3, 0.4) is 0 Å². The predicted molar refractivity (Wildman–Crippen MR) is 108 cm³/mol. The summed E-state index contributed by atoms with van der Waals surface area (Å²) in [4.78, 5) is 20.8. The zero-order valence-corrected chi connectivity index (χ0v) is 16.8. The van der Waals surface area contributed by atoms with Gasteiger partial charge in [0.1, 0.15) is 12.4 Å². The maximum atomic E-state index is 12.9. The van der Waals surface area contributed by atoms with Gasteiger partial charge < -0.3 is 10.2 Å². The highest BCUT2D eigenvalue weighted by molar-refractivity contribution is 7.89. The van der Waals surface area contributed by atoms with Crippen molar-refractivity contribution in [1.29, 1.82) is 0 Å². The van der Waals surface area contributed by atoms with Crippen molar-refractivity contribution >= 4 is 27.3 Å². The van der Waals surface area contributed by atoms with E-state index in [0.29, 0.717) is 5.69 Å². The number of halogens is 1. The molecule has 1 heterocycles. The minimum atomic E-state index is -3.99. The summed E-state index contributed by atoms with van der Waals surface area (Å²) in [5.41, 5.74) is 1.71. The molecule has 1 saturated heterocycles. The highest BCUT2D eigenvalue weighted by atomic mass is 32.2. The molecule has 3 rings (SSSR count). The van der Waals surface area contributed by atoms with E-state index < -0.39 is 28.4 Å². The number of nitrogens with one attached hydrogen (secondary N) is 2. The Bertz CT molecular complexity index is 910. The van der Waals surface area contributed by atoms with Crippen LogP contribution in [0.1, 0.15) is 25.7 Å². The second-order valence-corrected chi connectivity index (χ2v) is 8.47. The third-order valence-corrected chi connectivity index (χ3v) is 5.85. The van der Waals surface area contributed by atoms with E-state index in [4.69, 9.17) is 4.84 Å². The lowest BCUT2D eigenvalue weighted by atomic mass is 10.2. The van der Waals surface area contributed by atoms with Crippen LogP contribution in [0.2, 0.25) is 0 Å². The minimum absolute atomic E-state index is 0.164. The minimum Gasteiger partial charge on any atom is -0.372 e. The van der Waals surface area contributed by atoms with Gasteiger partial charge in [-0.15, -0.1) is 0 Å². The third kappa shape index (κ3) is 6.25. The van der Waals surface area contributed by atoms with Crippen molar-refractivity contribution in [2.45, 2.75) is 30.6 Å². The second kappa shape index (κ2) is 9.82. The van der Waals surface area contributed by atoms with Gasteiger partial charge in [0.05, 0.1) is 4.90 Å². The van der Waals surface area contributed by atoms with E-state index in [9.17, 15) is 17.6 Å². The lowest BCUT2D eigenvalue weighted by Crippen LogP contribution is -2.29. The average molecular weight is 421 g/mol. The van der Waals surface area contributed by atoms with E-state index in [2.05, 4.69) is 10.2 Å². The third-order valence-electron chi connectivity index (χ3n) is 4.62. The van der Waals surface area contributed by atoms with Crippen LogP contribution in [0.15, 0.2) is 53.4 Å². The van der Waals surface area contributed by atoms with Gasteiger partial charge in [-0.3, -0.25) is 9.63 Å². The molecule has 0 spiro atoms. The maximum Gasteiger partial charge on any atom is 0.262 e. The van der Waals surface area contributed by atoms with Crippen LogP contribution in [-0.4, -0.2) is 34.0 Å². The molecule has 7 nitrogen and oxygen atoms in total. The molecule has 9 heteroatoms. The predicted octanol–water partition coefficient (Wildman–Crippen LogP) is 3.05. The number of sulfonamides is 1. The van der Waals surface area contributed by atoms with Crippen LogP contribution in [0.5, 0.6) is 0 Å². The summed E-state index contributed by atoms with van der Waals surface area (Å²) in [5.74, 6) is -1.06. The number of rotatable bonds is 7. The number of benzene rings is 2. The Hall–Kier alpha value is -2.49. The Labute approximate surface area is 169 Å². The van der Waals surface area contributed by atoms with Crippen molar-refractivity contribution in [3.05, 3.63) is 54.3 Å². The van der Waals surface area contributed by atoms with Crippen LogP contribution in [0, 0.1) is 5.82 Å². The highest BCUT2D eigenvalue weighted by Crippen LogP contribution is 2.21. The Morgan fingerprint density at radius 1 is 0.966 bits per heavy atom. The summed E-state index contributed by atoms with van der Waals surface area (Å²) in [6.45, 7) is 1.57. The van der Waals surface area contributed by atoms with Gasteiger partial charge in [0.25, 0.3) is 15.9 Å². The number of carbonyl (C=O) groups is 1. The molecule has 0 bridgehead atoms. The van der Waals surface area contributed by atoms with E-state index >= 15 is 0 Å². The Morgan fingerprint density at radius 2 is 1.59 bits per heavy atom. The average Bonchev–Trinajstić information content (AvgIpc) is 2.98. The molecule has 29 heavy (non-hydrogen) atoms. The molecule has 1 fully saturated rings. The van der Waals surface area contributed by atoms with Gasteiger partial charge in [0, 0.05) is 24.5 Å². The molecule has 0 radical (unpaired) electrons. The van der Waals surface area contributed by atoms with Gasteiger partial charge in [0.2, 0.25) is 0 Å². The molecule has 2 N–H and O–H groups in total. The number of nitrogens with zero attached hydrogens (tertiary/aromatic N) is 1. The number of carbonyl (C=O) groups excluding carboxylic acids is 1. The molecular formula is C20H24FN3O4S. The molecule has 2 aromatic rings. The van der Waals surface area contributed by atoms with E-state index in [0.717, 1.165) is 43.0 Å². The fraction of sp³-hybridized carbons (Fsp3) is 0.350. The van der Waals surface area contributed by atoms with E-state index in [-0.39, 0.29) is 4.90 Å². The van der Waals surface area contributed by atoms with Crippen LogP contribution < -0.4 is 15.1 Å². The second-order valence-electron chi connectivity index (χ2n) is 6.83. The van der Waals surface area contributed by atoms with Gasteiger partial charge in [-0.2, -0.15) is 0 Å². The number of hydrogen-bond donors (Lipinski definition) is 2. The van der Waals surface area contributed by atoms with Crippen molar-refractivity contribution in [1.82, 2.24) is 4.89 Å². The van der Waals surface area contributed by atoms with Gasteiger partial charge in [-0.25, -0.2) is 12.8 Å². The monoisotopic (exact) mass is 421 g/mol. The summed E-state index contributed by atoms with van der Waals surface area (Å²) in [6.07, 6.45) is 4.89. The molecule has 0 aliphatic carbocycles. The first-order chi connectivity index (χ1) is 13.9. The summed E-state index contributed by atoms with van der Waals surface area (Å²) in [5, 5.41) is 2.65. The van der Waals surface area contributed by atoms with Crippen molar-refractivity contribution in [2.24, 2.45) is 0 Å². The summed E-state index contributed by atoms with van der Waals surface area (Å²) in [7, 11) is -3.99. The summed E-state index contributed by atoms with van der Waals surface area (Å²) in [6, 6.07) is 11.8. The topological polar surface area (TPSA) is 87.7 Å². The Morgan fingerprint density at radius 3 is 2.21 bits per heavy atom. The van der Waals surface area contributed by atoms with Crippen molar-refractivity contribution in [3.63, 3.8) is 0 Å². The smallest absolute Gasteiger partial charge is 0.262 e. The zero-order chi connectivity index (χ0) is 20.7. The zero-order valence-electron chi connectivity index (χ0n) is 15.9. The van der Waals surface area contributed by atoms with Crippen molar-refractivity contribution < 1.29 is 22.4 Å². The molecule has 0 aromatic heterocycles. The van der Waals surface area contributed by atoms with Gasteiger partial charge >= 0.3 is 0 Å². The fourth-order valence-corrected chi connectivity index (χ4v) is 3.92. The molecule has 1 amide bonds. The SMILES string of the molecule is O=C(CONS(=O)(=O)c1ccc(F)cc1)Nc1ccc(N2CCCCCC2)cc1. The molecule has 156 valence electrons. The normalized spacial score (nSPS) is 15.0. The van der Waals surface area contributed by atoms with Crippen molar-refractivity contribution in [2.75, 3.05) is 29.9 Å². The molecule has 1 aliphatic rings. The number of amides is 1. The molecule has 2 aromatic carbocycles. The quantitative estimate of drug-likeness (QED) is 0.671. The largest absolute Gasteiger partial charge is 0.372 e. The van der Waals surface area contributed by atoms with E-state index in [1.165, 1.54) is 25.7 Å². The lowest BCUT2D eigenvalue weighted by Gasteiger charge is -2.22. The van der Waals surface area contributed by atoms with Crippen LogP contribution in [0.4, 0.5) is 15.8 Å². The van der Waals surface area contributed by atoms with Gasteiger partial charge in [0.15, 0.2) is 0 Å². The first-order valence-electron chi connectivity index (χ1n) is 9.48. The fourth-order valence-electron chi connectivity index (χ4n) is 3.12. The van der Waals surface area contributed by atoms with E-state index in [1.807, 2.05) is 17.0 Å². The summed E-state index contributed by atoms with van der Waals surface area (Å²) >= 11 is 0. The Balaban J connectivity index is 1.47. The first kappa shape index (κ1) is 21.2. The van der Waals surface area contributed by atoms with E-state index in [1.54, 1.807) is 12.1 Å². The number of hydrogen-bond acceptors (Lipinski definition) is 5.